The molecule has 0 N–H and O–H groups in total. The van der Waals surface area contributed by atoms with Crippen molar-refractivity contribution in [2.75, 3.05) is 0 Å². The van der Waals surface area contributed by atoms with Gasteiger partial charge in [0.05, 0.1) is 0 Å². The van der Waals surface area contributed by atoms with Crippen molar-refractivity contribution in [2.45, 2.75) is 57.8 Å². The smallest absolute Gasteiger partial charge is 0.333 e. The third-order valence-electron chi connectivity index (χ3n) is 4.67. The topological polar surface area (TPSA) is 0 Å². The molecular formula is C30H40ClZr. The summed E-state index contributed by atoms with van der Waals surface area (Å²) >= 11 is 0. The molecule has 0 aliphatic carbocycles. The molecule has 171 valence electrons. The summed E-state index contributed by atoms with van der Waals surface area (Å²) in [6.07, 6.45) is 0. The van der Waals surface area contributed by atoms with Crippen molar-refractivity contribution in [3.8, 4) is 0 Å². The van der Waals surface area contributed by atoms with Crippen LogP contribution in [0.5, 0.6) is 0 Å². The van der Waals surface area contributed by atoms with Crippen LogP contribution in [0, 0.1) is 20.8 Å². The summed E-state index contributed by atoms with van der Waals surface area (Å²) in [5.41, 5.74) is 3.99. The fraction of sp³-hybridized carbons (Fsp3) is 0.300. The molecule has 3 aromatic rings. The first kappa shape index (κ1) is 33.0. The number of rotatable bonds is 3. The van der Waals surface area contributed by atoms with E-state index in [1.54, 1.807) is 0 Å². The van der Waals surface area contributed by atoms with Gasteiger partial charge in [0.1, 0.15) is 0 Å². The van der Waals surface area contributed by atoms with E-state index < -0.39 is 0 Å². The molecule has 0 aromatic heterocycles. The quantitative estimate of drug-likeness (QED) is 0.299. The standard InChI is InChI=1S/3C10H13.ClH.Zr/c3*1-10(2,3)9-7-5-4-6-8-9;;/h3*4-8H,1H2,2-3H3;1H;/q3*-1;;+3. The monoisotopic (exact) mass is 525 g/mol. The molecule has 0 fully saturated rings. The van der Waals surface area contributed by atoms with E-state index in [1.165, 1.54) is 16.7 Å². The third kappa shape index (κ3) is 13.4. The summed E-state index contributed by atoms with van der Waals surface area (Å²) in [5, 5.41) is 0. The van der Waals surface area contributed by atoms with Crippen molar-refractivity contribution in [3.05, 3.63) is 128 Å². The Kier molecular flexibility index (Phi) is 15.3. The normalized spacial score (nSPS) is 10.8. The number of halogens is 1. The molecule has 0 spiro atoms. The molecule has 0 aliphatic heterocycles. The maximum absolute atomic E-state index is 4.04. The molecule has 2 heteroatoms. The summed E-state index contributed by atoms with van der Waals surface area (Å²) in [7, 11) is 0. The summed E-state index contributed by atoms with van der Waals surface area (Å²) in [6, 6.07) is 31.0. The second-order valence-electron chi connectivity index (χ2n) is 9.75. The van der Waals surface area contributed by atoms with Crippen LogP contribution in [0.1, 0.15) is 58.2 Å². The molecule has 0 amide bonds. The molecule has 0 saturated carbocycles. The SMILES string of the molecule is Cl.[CH2-]C(C)(C)c1ccccc1.[CH2-]C(C)(C)c1ccccc1.[CH2-]C(C)(C)c1ccccc1.[Zr+3]. The number of hydrogen-bond acceptors (Lipinski definition) is 0. The zero-order chi connectivity index (χ0) is 22.8. The predicted molar refractivity (Wildman–Crippen MR) is 142 cm³/mol. The van der Waals surface area contributed by atoms with Gasteiger partial charge in [-0.1, -0.05) is 149 Å². The second kappa shape index (κ2) is 14.9. The zero-order valence-corrected chi connectivity index (χ0v) is 24.0. The molecule has 0 aliphatic rings. The van der Waals surface area contributed by atoms with Crippen molar-refractivity contribution >= 4 is 12.4 Å². The van der Waals surface area contributed by atoms with Crippen LogP contribution in [0.25, 0.3) is 0 Å². The molecule has 0 heterocycles. The minimum Gasteiger partial charge on any atom is -0.333 e. The summed E-state index contributed by atoms with van der Waals surface area (Å²) in [4.78, 5) is 0. The predicted octanol–water partition coefficient (Wildman–Crippen LogP) is 8.81. The van der Waals surface area contributed by atoms with Crippen LogP contribution in [-0.4, -0.2) is 0 Å². The van der Waals surface area contributed by atoms with E-state index in [1.807, 2.05) is 54.6 Å². The van der Waals surface area contributed by atoms with E-state index >= 15 is 0 Å². The van der Waals surface area contributed by atoms with Crippen molar-refractivity contribution in [2.24, 2.45) is 0 Å². The first-order chi connectivity index (χ1) is 13.8. The summed E-state index contributed by atoms with van der Waals surface area (Å²) in [5.74, 6) is 0. The number of benzene rings is 3. The van der Waals surface area contributed by atoms with Crippen molar-refractivity contribution in [1.29, 1.82) is 0 Å². The van der Waals surface area contributed by atoms with E-state index in [9.17, 15) is 0 Å². The molecule has 32 heavy (non-hydrogen) atoms. The zero-order valence-electron chi connectivity index (χ0n) is 20.7. The van der Waals surface area contributed by atoms with Crippen LogP contribution in [0.15, 0.2) is 91.0 Å². The van der Waals surface area contributed by atoms with Gasteiger partial charge in [-0.05, 0) is 0 Å². The van der Waals surface area contributed by atoms with Crippen LogP contribution in [0.2, 0.25) is 0 Å². The molecule has 0 unspecified atom stereocenters. The number of hydrogen-bond donors (Lipinski definition) is 0. The molecule has 0 bridgehead atoms. The van der Waals surface area contributed by atoms with E-state index in [4.69, 9.17) is 0 Å². The van der Waals surface area contributed by atoms with Gasteiger partial charge in [0.2, 0.25) is 0 Å². The van der Waals surface area contributed by atoms with E-state index in [0.29, 0.717) is 0 Å². The van der Waals surface area contributed by atoms with Gasteiger partial charge in [0.15, 0.2) is 0 Å². The Labute approximate surface area is 223 Å². The van der Waals surface area contributed by atoms with Crippen LogP contribution < -0.4 is 0 Å². The van der Waals surface area contributed by atoms with Gasteiger partial charge in [-0.15, -0.1) is 28.7 Å². The van der Waals surface area contributed by atoms with Crippen LogP contribution in [0.4, 0.5) is 0 Å². The van der Waals surface area contributed by atoms with Gasteiger partial charge in [0, 0.05) is 0 Å². The Hall–Kier alpha value is -1.17. The average Bonchev–Trinajstić information content (AvgIpc) is 2.69. The van der Waals surface area contributed by atoms with Gasteiger partial charge in [-0.3, -0.25) is 0 Å². The van der Waals surface area contributed by atoms with Crippen LogP contribution >= 0.6 is 12.4 Å². The van der Waals surface area contributed by atoms with E-state index in [-0.39, 0.29) is 54.9 Å². The van der Waals surface area contributed by atoms with Crippen LogP contribution in [0.3, 0.4) is 0 Å². The minimum atomic E-state index is 0. The van der Waals surface area contributed by atoms with Gasteiger partial charge >= 0.3 is 26.2 Å². The van der Waals surface area contributed by atoms with Crippen molar-refractivity contribution in [1.82, 2.24) is 0 Å². The van der Waals surface area contributed by atoms with Gasteiger partial charge in [-0.25, -0.2) is 0 Å². The van der Waals surface area contributed by atoms with E-state index in [0.717, 1.165) is 0 Å². The molecule has 3 rings (SSSR count). The van der Waals surface area contributed by atoms with Crippen molar-refractivity contribution < 1.29 is 26.2 Å². The Bertz CT molecular complexity index is 704. The van der Waals surface area contributed by atoms with Gasteiger partial charge < -0.3 is 20.8 Å². The Morgan fingerprint density at radius 1 is 0.406 bits per heavy atom. The largest absolute Gasteiger partial charge is 3.00 e. The van der Waals surface area contributed by atoms with E-state index in [2.05, 4.69) is 98.7 Å². The molecule has 1 radical (unpaired) electrons. The molecular weight excluding hydrogens is 487 g/mol. The molecule has 0 atom stereocenters. The molecule has 0 saturated heterocycles. The van der Waals surface area contributed by atoms with Crippen molar-refractivity contribution in [3.63, 3.8) is 0 Å². The maximum atomic E-state index is 4.04. The Balaban J connectivity index is 0. The first-order valence-electron chi connectivity index (χ1n) is 10.5. The fourth-order valence-electron chi connectivity index (χ4n) is 2.67. The van der Waals surface area contributed by atoms with Gasteiger partial charge in [0.25, 0.3) is 0 Å². The molecule has 3 aromatic carbocycles. The van der Waals surface area contributed by atoms with Crippen LogP contribution in [-0.2, 0) is 42.4 Å². The minimum absolute atomic E-state index is 0. The second-order valence-corrected chi connectivity index (χ2v) is 9.75. The Morgan fingerprint density at radius 3 is 0.656 bits per heavy atom. The average molecular weight is 527 g/mol. The fourth-order valence-corrected chi connectivity index (χ4v) is 2.67. The summed E-state index contributed by atoms with van der Waals surface area (Å²) < 4.78 is 0. The maximum Gasteiger partial charge on any atom is 3.00 e. The molecule has 0 nitrogen and oxygen atoms in total. The van der Waals surface area contributed by atoms with Gasteiger partial charge in [-0.2, -0.15) is 0 Å². The first-order valence-corrected chi connectivity index (χ1v) is 10.5. The Morgan fingerprint density at radius 2 is 0.562 bits per heavy atom. The summed E-state index contributed by atoms with van der Waals surface area (Å²) in [6.45, 7) is 24.8. The third-order valence-corrected chi connectivity index (χ3v) is 4.67.